The molecule has 1 unspecified atom stereocenters. The van der Waals surface area contributed by atoms with Crippen molar-refractivity contribution in [1.82, 2.24) is 4.90 Å². The lowest BCUT2D eigenvalue weighted by Gasteiger charge is -2.45. The molecule has 0 bridgehead atoms. The minimum absolute atomic E-state index is 0.0311. The zero-order valence-corrected chi connectivity index (χ0v) is 20.8. The van der Waals surface area contributed by atoms with E-state index in [4.69, 9.17) is 9.47 Å². The molecule has 190 valence electrons. The van der Waals surface area contributed by atoms with Crippen LogP contribution in [0.1, 0.15) is 42.5 Å². The summed E-state index contributed by atoms with van der Waals surface area (Å²) in [7, 11) is 3.08. The standard InChI is InChI=1S/C27H32N4O5/c1-35-20-14-19(15-21(16-20)36-2)28-25(32)17-31-24-13-18(26(33)29-10-5-6-11-29)8-9-22(24)30-12-4-3-7-23(30)27(31)34/h8-9,13-16,23H,3-7,10-12,17H2,1-2H3,(H,28,32). The third kappa shape index (κ3) is 4.57. The number of hydrogen-bond acceptors (Lipinski definition) is 6. The van der Waals surface area contributed by atoms with Crippen LogP contribution in [0.15, 0.2) is 36.4 Å². The predicted octanol–water partition coefficient (Wildman–Crippen LogP) is 3.28. The number of nitrogens with zero attached hydrogens (tertiary/aromatic N) is 3. The number of rotatable bonds is 6. The first-order valence-electron chi connectivity index (χ1n) is 12.5. The van der Waals surface area contributed by atoms with Crippen LogP contribution in [0.4, 0.5) is 17.1 Å². The molecule has 0 spiro atoms. The van der Waals surface area contributed by atoms with Gasteiger partial charge in [-0.2, -0.15) is 0 Å². The monoisotopic (exact) mass is 492 g/mol. The van der Waals surface area contributed by atoms with Crippen molar-refractivity contribution in [3.63, 3.8) is 0 Å². The first-order chi connectivity index (χ1) is 17.5. The number of nitrogens with one attached hydrogen (secondary N) is 1. The predicted molar refractivity (Wildman–Crippen MR) is 137 cm³/mol. The lowest BCUT2D eigenvalue weighted by atomic mass is 9.95. The molecule has 2 fully saturated rings. The summed E-state index contributed by atoms with van der Waals surface area (Å²) in [6, 6.07) is 10.4. The molecule has 1 atom stereocenters. The molecule has 2 saturated heterocycles. The molecule has 0 saturated carbocycles. The molecule has 0 radical (unpaired) electrons. The zero-order chi connectivity index (χ0) is 25.2. The number of likely N-dealkylation sites (tertiary alicyclic amines) is 1. The van der Waals surface area contributed by atoms with E-state index in [1.54, 1.807) is 38.5 Å². The third-order valence-electron chi connectivity index (χ3n) is 7.21. The number of amides is 3. The second kappa shape index (κ2) is 10.1. The normalized spacial score (nSPS) is 19.0. The number of piperidine rings is 1. The second-order valence-corrected chi connectivity index (χ2v) is 9.48. The maximum atomic E-state index is 13.6. The summed E-state index contributed by atoms with van der Waals surface area (Å²) in [6.07, 6.45) is 4.74. The Labute approximate surface area is 210 Å². The molecule has 2 aromatic rings. The highest BCUT2D eigenvalue weighted by Crippen LogP contribution is 2.40. The topological polar surface area (TPSA) is 91.4 Å². The molecular weight excluding hydrogens is 460 g/mol. The number of carbonyl (C=O) groups excluding carboxylic acids is 3. The summed E-state index contributed by atoms with van der Waals surface area (Å²) in [5, 5.41) is 2.86. The SMILES string of the molecule is COc1cc(NC(=O)CN2C(=O)C3CCCCN3c3ccc(C(=O)N4CCCC4)cc32)cc(OC)c1. The number of benzene rings is 2. The Kier molecular flexibility index (Phi) is 6.71. The van der Waals surface area contributed by atoms with Crippen molar-refractivity contribution < 1.29 is 23.9 Å². The number of ether oxygens (including phenoxy) is 2. The lowest BCUT2D eigenvalue weighted by molar-refractivity contribution is -0.123. The highest BCUT2D eigenvalue weighted by Gasteiger charge is 2.40. The second-order valence-electron chi connectivity index (χ2n) is 9.48. The minimum atomic E-state index is -0.342. The van der Waals surface area contributed by atoms with Crippen LogP contribution in [0.25, 0.3) is 0 Å². The molecule has 3 aliphatic heterocycles. The molecule has 9 nitrogen and oxygen atoms in total. The Morgan fingerprint density at radius 1 is 0.917 bits per heavy atom. The first kappa shape index (κ1) is 24.0. The molecule has 3 aliphatic rings. The van der Waals surface area contributed by atoms with Crippen LogP contribution in [0, 0.1) is 0 Å². The van der Waals surface area contributed by atoms with Gasteiger partial charge in [0.1, 0.15) is 24.1 Å². The van der Waals surface area contributed by atoms with Crippen LogP contribution >= 0.6 is 0 Å². The van der Waals surface area contributed by atoms with Crippen LogP contribution < -0.4 is 24.6 Å². The van der Waals surface area contributed by atoms with Crippen molar-refractivity contribution in [3.8, 4) is 11.5 Å². The fourth-order valence-corrected chi connectivity index (χ4v) is 5.38. The van der Waals surface area contributed by atoms with Crippen molar-refractivity contribution in [3.05, 3.63) is 42.0 Å². The molecule has 36 heavy (non-hydrogen) atoms. The average Bonchev–Trinajstić information content (AvgIpc) is 3.45. The van der Waals surface area contributed by atoms with Gasteiger partial charge in [-0.15, -0.1) is 0 Å². The van der Waals surface area contributed by atoms with E-state index in [0.717, 1.165) is 57.4 Å². The fourth-order valence-electron chi connectivity index (χ4n) is 5.38. The van der Waals surface area contributed by atoms with Crippen LogP contribution in [-0.2, 0) is 9.59 Å². The van der Waals surface area contributed by atoms with Gasteiger partial charge in [0.25, 0.3) is 5.91 Å². The highest BCUT2D eigenvalue weighted by molar-refractivity contribution is 6.11. The summed E-state index contributed by atoms with van der Waals surface area (Å²) in [4.78, 5) is 45.4. The maximum Gasteiger partial charge on any atom is 0.253 e. The Bertz CT molecular complexity index is 1150. The number of hydrogen-bond donors (Lipinski definition) is 1. The minimum Gasteiger partial charge on any atom is -0.497 e. The van der Waals surface area contributed by atoms with Crippen molar-refractivity contribution in [2.24, 2.45) is 0 Å². The van der Waals surface area contributed by atoms with Crippen LogP contribution in [0.5, 0.6) is 11.5 Å². The van der Waals surface area contributed by atoms with E-state index < -0.39 is 0 Å². The summed E-state index contributed by atoms with van der Waals surface area (Å²) in [5.74, 6) is 0.617. The van der Waals surface area contributed by atoms with Gasteiger partial charge in [0.05, 0.1) is 25.6 Å². The van der Waals surface area contributed by atoms with Gasteiger partial charge in [0.2, 0.25) is 11.8 Å². The summed E-state index contributed by atoms with van der Waals surface area (Å²) >= 11 is 0. The maximum absolute atomic E-state index is 13.6. The number of carbonyl (C=O) groups is 3. The molecule has 3 amide bonds. The van der Waals surface area contributed by atoms with E-state index in [2.05, 4.69) is 10.2 Å². The molecule has 5 rings (SSSR count). The highest BCUT2D eigenvalue weighted by atomic mass is 16.5. The van der Waals surface area contributed by atoms with E-state index >= 15 is 0 Å². The van der Waals surface area contributed by atoms with Crippen LogP contribution in [0.3, 0.4) is 0 Å². The molecule has 1 N–H and O–H groups in total. The van der Waals surface area contributed by atoms with Crippen molar-refractivity contribution in [2.45, 2.75) is 38.1 Å². The Hall–Kier alpha value is -3.75. The van der Waals surface area contributed by atoms with Crippen molar-refractivity contribution >= 4 is 34.8 Å². The van der Waals surface area contributed by atoms with Gasteiger partial charge in [-0.1, -0.05) is 0 Å². The Morgan fingerprint density at radius 3 is 2.31 bits per heavy atom. The smallest absolute Gasteiger partial charge is 0.253 e. The van der Waals surface area contributed by atoms with Gasteiger partial charge in [-0.3, -0.25) is 19.3 Å². The van der Waals surface area contributed by atoms with E-state index in [-0.39, 0.29) is 30.3 Å². The lowest BCUT2D eigenvalue weighted by Crippen LogP contribution is -2.56. The van der Waals surface area contributed by atoms with Gasteiger partial charge >= 0.3 is 0 Å². The van der Waals surface area contributed by atoms with E-state index in [1.807, 2.05) is 17.0 Å². The fraction of sp³-hybridized carbons (Fsp3) is 0.444. The molecule has 0 aliphatic carbocycles. The van der Waals surface area contributed by atoms with Gasteiger partial charge in [-0.05, 0) is 50.3 Å². The van der Waals surface area contributed by atoms with Crippen molar-refractivity contribution in [1.29, 1.82) is 0 Å². The van der Waals surface area contributed by atoms with Gasteiger partial charge in [-0.25, -0.2) is 0 Å². The van der Waals surface area contributed by atoms with Gasteiger partial charge < -0.3 is 24.6 Å². The van der Waals surface area contributed by atoms with Crippen LogP contribution in [-0.4, -0.2) is 69.1 Å². The third-order valence-corrected chi connectivity index (χ3v) is 7.21. The molecular formula is C27H32N4O5. The van der Waals surface area contributed by atoms with E-state index in [9.17, 15) is 14.4 Å². The van der Waals surface area contributed by atoms with Crippen molar-refractivity contribution in [2.75, 3.05) is 55.5 Å². The van der Waals surface area contributed by atoms with Crippen LogP contribution in [0.2, 0.25) is 0 Å². The van der Waals surface area contributed by atoms with Gasteiger partial charge in [0, 0.05) is 49.1 Å². The summed E-state index contributed by atoms with van der Waals surface area (Å²) < 4.78 is 10.6. The quantitative estimate of drug-likeness (QED) is 0.666. The molecule has 3 heterocycles. The van der Waals surface area contributed by atoms with E-state index in [1.165, 1.54) is 4.90 Å². The first-order valence-corrected chi connectivity index (χ1v) is 12.5. The Balaban J connectivity index is 1.44. The molecule has 2 aromatic carbocycles. The Morgan fingerprint density at radius 2 is 1.61 bits per heavy atom. The van der Waals surface area contributed by atoms with E-state index in [0.29, 0.717) is 28.4 Å². The average molecular weight is 493 g/mol. The molecule has 0 aromatic heterocycles. The number of fused-ring (bicyclic) bond motifs is 3. The summed E-state index contributed by atoms with van der Waals surface area (Å²) in [5.41, 5.74) is 2.56. The van der Waals surface area contributed by atoms with Gasteiger partial charge in [0.15, 0.2) is 0 Å². The largest absolute Gasteiger partial charge is 0.497 e. The summed E-state index contributed by atoms with van der Waals surface area (Å²) in [6.45, 7) is 2.13. The number of anilines is 3. The zero-order valence-electron chi connectivity index (χ0n) is 20.8. The molecule has 9 heteroatoms. The number of methoxy groups -OCH3 is 2.